The maximum Gasteiger partial charge on any atom is 0.240 e. The Balaban J connectivity index is 0.00000312. The average Bonchev–Trinajstić information content (AvgIpc) is 3.00. The molecule has 138 valence electrons. The summed E-state index contributed by atoms with van der Waals surface area (Å²) in [5.41, 5.74) is 1.99. The van der Waals surface area contributed by atoms with E-state index < -0.39 is 10.0 Å². The Morgan fingerprint density at radius 1 is 1.16 bits per heavy atom. The molecule has 1 aromatic carbocycles. The molecule has 2 rings (SSSR count). The fourth-order valence-corrected chi connectivity index (χ4v) is 2.79. The van der Waals surface area contributed by atoms with Gasteiger partial charge < -0.3 is 10.6 Å². The maximum atomic E-state index is 11.7. The average molecular weight is 478 g/mol. The van der Waals surface area contributed by atoms with Crippen molar-refractivity contribution in [2.24, 2.45) is 12.0 Å². The van der Waals surface area contributed by atoms with Crippen molar-refractivity contribution in [2.45, 2.75) is 18.0 Å². The quantitative estimate of drug-likeness (QED) is 0.324. The van der Waals surface area contributed by atoms with Crippen LogP contribution >= 0.6 is 24.0 Å². The molecule has 0 radical (unpaired) electrons. The second-order valence-electron chi connectivity index (χ2n) is 5.08. The van der Waals surface area contributed by atoms with Crippen LogP contribution in [0.5, 0.6) is 0 Å². The van der Waals surface area contributed by atoms with E-state index in [4.69, 9.17) is 0 Å². The second kappa shape index (κ2) is 9.73. The number of hydrogen-bond acceptors (Lipinski definition) is 4. The molecular weight excluding hydrogens is 455 g/mol. The molecule has 0 amide bonds. The smallest absolute Gasteiger partial charge is 0.240 e. The molecule has 1 heterocycles. The van der Waals surface area contributed by atoms with Crippen molar-refractivity contribution in [3.8, 4) is 0 Å². The first-order chi connectivity index (χ1) is 11.5. The van der Waals surface area contributed by atoms with Gasteiger partial charge >= 0.3 is 0 Å². The SMILES string of the molecule is CN=C(NCc1ccc(S(=O)(=O)NC)cc1)NCc1ccnn1C.I. The zero-order valence-electron chi connectivity index (χ0n) is 14.4. The lowest BCUT2D eigenvalue weighted by atomic mass is 10.2. The van der Waals surface area contributed by atoms with Crippen molar-refractivity contribution >= 4 is 40.0 Å². The highest BCUT2D eigenvalue weighted by Crippen LogP contribution is 2.09. The molecule has 0 unspecified atom stereocenters. The van der Waals surface area contributed by atoms with Crippen LogP contribution in [0.4, 0.5) is 0 Å². The van der Waals surface area contributed by atoms with Gasteiger partial charge in [0.15, 0.2) is 5.96 Å². The molecule has 0 aliphatic rings. The Hall–Kier alpha value is -1.66. The number of nitrogens with one attached hydrogen (secondary N) is 3. The number of nitrogens with zero attached hydrogens (tertiary/aromatic N) is 3. The molecule has 0 saturated heterocycles. The second-order valence-corrected chi connectivity index (χ2v) is 6.96. The van der Waals surface area contributed by atoms with E-state index in [0.717, 1.165) is 11.3 Å². The Labute approximate surface area is 165 Å². The molecule has 0 atom stereocenters. The van der Waals surface area contributed by atoms with E-state index in [1.165, 1.54) is 7.05 Å². The van der Waals surface area contributed by atoms with Crippen molar-refractivity contribution < 1.29 is 8.42 Å². The molecule has 0 bridgehead atoms. The van der Waals surface area contributed by atoms with Crippen LogP contribution in [-0.2, 0) is 30.2 Å². The highest BCUT2D eigenvalue weighted by molar-refractivity contribution is 14.0. The summed E-state index contributed by atoms with van der Waals surface area (Å²) in [7, 11) is 1.57. The van der Waals surface area contributed by atoms with Gasteiger partial charge in [-0.1, -0.05) is 12.1 Å². The number of aromatic nitrogens is 2. The van der Waals surface area contributed by atoms with Gasteiger partial charge in [0, 0.05) is 26.8 Å². The predicted octanol–water partition coefficient (Wildman–Crippen LogP) is 0.811. The molecule has 0 spiro atoms. The van der Waals surface area contributed by atoms with Crippen LogP contribution in [-0.4, -0.2) is 38.3 Å². The van der Waals surface area contributed by atoms with E-state index in [-0.39, 0.29) is 28.9 Å². The predicted molar refractivity (Wildman–Crippen MR) is 108 cm³/mol. The first kappa shape index (κ1) is 21.4. The van der Waals surface area contributed by atoms with Crippen LogP contribution in [0.3, 0.4) is 0 Å². The standard InChI is InChI=1S/C15H22N6O2S.HI/c1-16-15(19-11-13-8-9-20-21(13)3)18-10-12-4-6-14(7-5-12)24(22,23)17-2;/h4-9,17H,10-11H2,1-3H3,(H2,16,18,19);1H. The number of rotatable bonds is 6. The van der Waals surface area contributed by atoms with Crippen molar-refractivity contribution in [1.29, 1.82) is 0 Å². The van der Waals surface area contributed by atoms with E-state index >= 15 is 0 Å². The third-order valence-electron chi connectivity index (χ3n) is 3.55. The fourth-order valence-electron chi connectivity index (χ4n) is 2.06. The summed E-state index contributed by atoms with van der Waals surface area (Å²) in [5, 5.41) is 10.5. The van der Waals surface area contributed by atoms with Crippen LogP contribution in [0.2, 0.25) is 0 Å². The monoisotopic (exact) mass is 478 g/mol. The molecule has 8 nitrogen and oxygen atoms in total. The number of guanidine groups is 1. The Bertz CT molecular complexity index is 802. The summed E-state index contributed by atoms with van der Waals surface area (Å²) in [6.45, 7) is 1.14. The summed E-state index contributed by atoms with van der Waals surface area (Å²) in [5.74, 6) is 0.656. The number of aliphatic imine (C=N–C) groups is 1. The topological polar surface area (TPSA) is 100 Å². The molecule has 25 heavy (non-hydrogen) atoms. The molecule has 2 aromatic rings. The number of halogens is 1. The fraction of sp³-hybridized carbons (Fsp3) is 0.333. The van der Waals surface area contributed by atoms with Gasteiger partial charge in [0.05, 0.1) is 17.1 Å². The lowest BCUT2D eigenvalue weighted by Gasteiger charge is -2.12. The number of aryl methyl sites for hydroxylation is 1. The largest absolute Gasteiger partial charge is 0.352 e. The highest BCUT2D eigenvalue weighted by atomic mass is 127. The van der Waals surface area contributed by atoms with Gasteiger partial charge in [0.25, 0.3) is 0 Å². The molecule has 0 aliphatic heterocycles. The van der Waals surface area contributed by atoms with Crippen molar-refractivity contribution in [2.75, 3.05) is 14.1 Å². The summed E-state index contributed by atoms with van der Waals surface area (Å²) in [6.07, 6.45) is 1.74. The molecular formula is C15H23IN6O2S. The Kier molecular flexibility index (Phi) is 8.32. The summed E-state index contributed by atoms with van der Waals surface area (Å²) in [4.78, 5) is 4.40. The molecule has 1 aromatic heterocycles. The van der Waals surface area contributed by atoms with Crippen LogP contribution < -0.4 is 15.4 Å². The van der Waals surface area contributed by atoms with E-state index in [1.807, 2.05) is 13.1 Å². The van der Waals surface area contributed by atoms with Crippen LogP contribution in [0.25, 0.3) is 0 Å². The third-order valence-corrected chi connectivity index (χ3v) is 4.98. The van der Waals surface area contributed by atoms with E-state index in [9.17, 15) is 8.42 Å². The minimum atomic E-state index is -3.40. The molecule has 0 saturated carbocycles. The lowest BCUT2D eigenvalue weighted by Crippen LogP contribution is -2.36. The van der Waals surface area contributed by atoms with Gasteiger partial charge in [-0.25, -0.2) is 13.1 Å². The van der Waals surface area contributed by atoms with Gasteiger partial charge in [-0.2, -0.15) is 5.10 Å². The van der Waals surface area contributed by atoms with E-state index in [2.05, 4.69) is 25.4 Å². The van der Waals surface area contributed by atoms with Crippen LogP contribution in [0.15, 0.2) is 46.4 Å². The van der Waals surface area contributed by atoms with Crippen LogP contribution in [0, 0.1) is 0 Å². The van der Waals surface area contributed by atoms with Gasteiger partial charge in [0.1, 0.15) is 0 Å². The van der Waals surface area contributed by atoms with Gasteiger partial charge in [0.2, 0.25) is 10.0 Å². The summed E-state index contributed by atoms with van der Waals surface area (Å²) in [6, 6.07) is 8.63. The van der Waals surface area contributed by atoms with Crippen LogP contribution in [0.1, 0.15) is 11.3 Å². The minimum absolute atomic E-state index is 0. The van der Waals surface area contributed by atoms with E-state index in [1.54, 1.807) is 42.2 Å². The molecule has 10 heteroatoms. The summed E-state index contributed by atoms with van der Waals surface area (Å²) < 4.78 is 27.5. The maximum absolute atomic E-state index is 11.7. The van der Waals surface area contributed by atoms with Crippen molar-refractivity contribution in [1.82, 2.24) is 25.1 Å². The van der Waals surface area contributed by atoms with Crippen molar-refractivity contribution in [3.63, 3.8) is 0 Å². The summed E-state index contributed by atoms with van der Waals surface area (Å²) >= 11 is 0. The molecule has 0 fully saturated rings. The number of benzene rings is 1. The normalized spacial score (nSPS) is 11.7. The molecule has 3 N–H and O–H groups in total. The van der Waals surface area contributed by atoms with Crippen molar-refractivity contribution in [3.05, 3.63) is 47.8 Å². The molecule has 0 aliphatic carbocycles. The zero-order chi connectivity index (χ0) is 17.6. The number of sulfonamides is 1. The Morgan fingerprint density at radius 3 is 2.32 bits per heavy atom. The zero-order valence-corrected chi connectivity index (χ0v) is 17.5. The highest BCUT2D eigenvalue weighted by Gasteiger charge is 2.10. The minimum Gasteiger partial charge on any atom is -0.352 e. The first-order valence-corrected chi connectivity index (χ1v) is 8.88. The van der Waals surface area contributed by atoms with Gasteiger partial charge in [-0.05, 0) is 30.8 Å². The lowest BCUT2D eigenvalue weighted by molar-refractivity contribution is 0.588. The first-order valence-electron chi connectivity index (χ1n) is 7.40. The van der Waals surface area contributed by atoms with Gasteiger partial charge in [-0.3, -0.25) is 9.67 Å². The third kappa shape index (κ3) is 5.97. The van der Waals surface area contributed by atoms with Gasteiger partial charge in [-0.15, -0.1) is 24.0 Å². The number of hydrogen-bond donors (Lipinski definition) is 3. The van der Waals surface area contributed by atoms with E-state index in [0.29, 0.717) is 19.0 Å². The Morgan fingerprint density at radius 2 is 1.80 bits per heavy atom.